The molecule has 8 nitrogen and oxygen atoms in total. The van der Waals surface area contributed by atoms with E-state index in [-0.39, 0.29) is 0 Å². The maximum absolute atomic E-state index is 8.59. The molecular formula is C26H32BBrN6O2. The number of benzene rings is 2. The Kier molecular flexibility index (Phi) is 8.18. The van der Waals surface area contributed by atoms with Crippen molar-refractivity contribution in [1.82, 2.24) is 19.6 Å². The maximum atomic E-state index is 8.59. The summed E-state index contributed by atoms with van der Waals surface area (Å²) in [6.45, 7) is 0. The van der Waals surface area contributed by atoms with Crippen molar-refractivity contribution in [2.45, 2.75) is 38.5 Å². The number of aryl methyl sites for hydroxylation is 4. The Morgan fingerprint density at radius 1 is 0.778 bits per heavy atom. The molecule has 0 spiro atoms. The lowest BCUT2D eigenvalue weighted by molar-refractivity contribution is 0.421. The zero-order chi connectivity index (χ0) is 25.8. The molecule has 0 atom stereocenters. The Bertz CT molecular complexity index is 1350. The van der Waals surface area contributed by atoms with Crippen LogP contribution in [0.5, 0.6) is 0 Å². The second-order valence-electron chi connectivity index (χ2n) is 9.06. The molecule has 0 radical (unpaired) electrons. The molecule has 0 unspecified atom stereocenters. The summed E-state index contributed by atoms with van der Waals surface area (Å²) < 4.78 is 4.32. The van der Waals surface area contributed by atoms with Crippen LogP contribution < -0.4 is 17.1 Å². The highest BCUT2D eigenvalue weighted by molar-refractivity contribution is 9.10. The van der Waals surface area contributed by atoms with Crippen LogP contribution >= 0.6 is 15.9 Å². The van der Waals surface area contributed by atoms with Gasteiger partial charge in [0.2, 0.25) is 0 Å². The van der Waals surface area contributed by atoms with Gasteiger partial charge in [0.15, 0.2) is 0 Å². The van der Waals surface area contributed by atoms with Gasteiger partial charge in [0.05, 0.1) is 11.3 Å². The maximum Gasteiger partial charge on any atom is 0.507 e. The van der Waals surface area contributed by atoms with Gasteiger partial charge in [-0.05, 0) is 94.9 Å². The molecule has 2 heterocycles. The quantitative estimate of drug-likeness (QED) is 0.224. The Balaban J connectivity index is 0.000000134. The third-order valence-corrected chi connectivity index (χ3v) is 7.51. The van der Waals surface area contributed by atoms with Crippen LogP contribution in [0.15, 0.2) is 53.3 Å². The topological polar surface area (TPSA) is 128 Å². The average molecular weight is 551 g/mol. The van der Waals surface area contributed by atoms with Crippen LogP contribution in [0.1, 0.15) is 35.1 Å². The summed E-state index contributed by atoms with van der Waals surface area (Å²) in [4.78, 5) is 0. The van der Waals surface area contributed by atoms with Gasteiger partial charge in [-0.1, -0.05) is 18.2 Å². The van der Waals surface area contributed by atoms with Gasteiger partial charge in [-0.2, -0.15) is 10.2 Å². The van der Waals surface area contributed by atoms with E-state index in [0.717, 1.165) is 39.9 Å². The van der Waals surface area contributed by atoms with Crippen molar-refractivity contribution in [3.63, 3.8) is 0 Å². The Morgan fingerprint density at radius 2 is 1.36 bits per heavy atom. The van der Waals surface area contributed by atoms with Gasteiger partial charge < -0.3 is 21.5 Å². The van der Waals surface area contributed by atoms with Crippen molar-refractivity contribution < 1.29 is 10.0 Å². The molecule has 36 heavy (non-hydrogen) atoms. The molecule has 10 heteroatoms. The minimum Gasteiger partial charge on any atom is -0.422 e. The molecule has 2 aromatic carbocycles. The van der Waals surface area contributed by atoms with Gasteiger partial charge >= 0.3 is 7.12 Å². The van der Waals surface area contributed by atoms with Crippen molar-refractivity contribution in [2.24, 2.45) is 14.1 Å². The molecule has 188 valence electrons. The van der Waals surface area contributed by atoms with Crippen LogP contribution in [0.4, 0.5) is 11.4 Å². The summed E-state index contributed by atoms with van der Waals surface area (Å²) in [7, 11) is 2.18. The third kappa shape index (κ3) is 5.51. The zero-order valence-corrected chi connectivity index (χ0v) is 22.2. The number of rotatable bonds is 2. The van der Waals surface area contributed by atoms with Gasteiger partial charge in [-0.3, -0.25) is 9.36 Å². The molecule has 4 aromatic rings. The second-order valence-corrected chi connectivity index (χ2v) is 9.92. The van der Waals surface area contributed by atoms with Crippen molar-refractivity contribution in [3.05, 3.63) is 75.5 Å². The van der Waals surface area contributed by atoms with Gasteiger partial charge in [-0.15, -0.1) is 0 Å². The number of anilines is 2. The fourth-order valence-corrected chi connectivity index (χ4v) is 5.23. The van der Waals surface area contributed by atoms with Crippen LogP contribution in [-0.2, 0) is 39.8 Å². The van der Waals surface area contributed by atoms with Crippen LogP contribution in [-0.4, -0.2) is 36.7 Å². The first-order valence-electron chi connectivity index (χ1n) is 12.1. The first-order chi connectivity index (χ1) is 17.3. The molecule has 0 aliphatic heterocycles. The van der Waals surface area contributed by atoms with E-state index in [1.807, 2.05) is 30.1 Å². The van der Waals surface area contributed by atoms with Gasteiger partial charge in [0, 0.05) is 47.9 Å². The summed E-state index contributed by atoms with van der Waals surface area (Å²) in [5.74, 6) is 0. The summed E-state index contributed by atoms with van der Waals surface area (Å²) in [6.07, 6.45) is 10.5. The molecule has 0 saturated heterocycles. The molecule has 2 aromatic heterocycles. The van der Waals surface area contributed by atoms with Crippen molar-refractivity contribution in [3.8, 4) is 11.3 Å². The smallest absolute Gasteiger partial charge is 0.422 e. The molecule has 0 bridgehead atoms. The molecule has 0 amide bonds. The molecular weight excluding hydrogens is 519 g/mol. The first kappa shape index (κ1) is 26.0. The molecule has 2 aliphatic rings. The van der Waals surface area contributed by atoms with Crippen molar-refractivity contribution in [1.29, 1.82) is 0 Å². The van der Waals surface area contributed by atoms with E-state index in [9.17, 15) is 0 Å². The van der Waals surface area contributed by atoms with Crippen LogP contribution in [0.25, 0.3) is 11.3 Å². The van der Waals surface area contributed by atoms with E-state index in [1.165, 1.54) is 58.8 Å². The predicted molar refractivity (Wildman–Crippen MR) is 149 cm³/mol. The fourth-order valence-electron chi connectivity index (χ4n) is 4.86. The zero-order valence-electron chi connectivity index (χ0n) is 20.7. The Labute approximate surface area is 220 Å². The summed E-state index contributed by atoms with van der Waals surface area (Å²) in [6, 6.07) is 12.1. The number of nitrogens with two attached hydrogens (primary N) is 2. The highest BCUT2D eigenvalue weighted by Crippen LogP contribution is 2.35. The minimum atomic E-state index is -1.42. The van der Waals surface area contributed by atoms with E-state index in [1.54, 1.807) is 13.1 Å². The molecule has 0 fully saturated rings. The second kappa shape index (κ2) is 11.3. The number of hydrogen-bond donors (Lipinski definition) is 4. The largest absolute Gasteiger partial charge is 0.507 e. The summed E-state index contributed by atoms with van der Waals surface area (Å²) in [5.41, 5.74) is 22.2. The Hall–Kier alpha value is -3.08. The Morgan fingerprint density at radius 3 is 1.89 bits per heavy atom. The summed E-state index contributed by atoms with van der Waals surface area (Å²) in [5, 5.41) is 25.1. The minimum absolute atomic E-state index is 0.398. The normalized spacial score (nSPS) is 13.2. The van der Waals surface area contributed by atoms with E-state index in [4.69, 9.17) is 21.5 Å². The number of halogens is 1. The molecule has 6 N–H and O–H groups in total. The number of hydrogen-bond acceptors (Lipinski definition) is 6. The van der Waals surface area contributed by atoms with Gasteiger partial charge in [-0.25, -0.2) is 0 Å². The number of nitrogen functional groups attached to an aromatic ring is 2. The van der Waals surface area contributed by atoms with Gasteiger partial charge in [0.1, 0.15) is 0 Å². The highest BCUT2D eigenvalue weighted by Gasteiger charge is 2.18. The fraction of sp³-hybridized carbons (Fsp3) is 0.308. The monoisotopic (exact) mass is 550 g/mol. The average Bonchev–Trinajstić information content (AvgIpc) is 3.65. The number of aromatic nitrogens is 4. The lowest BCUT2D eigenvalue weighted by atomic mass is 9.86. The first-order valence-corrected chi connectivity index (χ1v) is 12.9. The highest BCUT2D eigenvalue weighted by atomic mass is 79.9. The van der Waals surface area contributed by atoms with Crippen LogP contribution in [0, 0.1) is 0 Å². The van der Waals surface area contributed by atoms with E-state index < -0.39 is 7.12 Å². The van der Waals surface area contributed by atoms with Crippen molar-refractivity contribution in [2.75, 3.05) is 11.5 Å². The standard InChI is InChI=1S/C13H15N3.C9H10BrN.C4H7BN2O2/c1-16-12(7-8-15-16)11-6-5-9-3-2-4-10(9)13(11)14;10-8-5-4-6-2-1-3-7(6)9(8)11;1-7-4(5(8)9)2-3-6-7/h5-8H,2-4,14H2,1H3;4-5H,1-3,11H2;2-3,8-9H,1H3. The predicted octanol–water partition coefficient (Wildman–Crippen LogP) is 2.78. The number of fused-ring (bicyclic) bond motifs is 2. The molecule has 6 rings (SSSR count). The lowest BCUT2D eigenvalue weighted by Gasteiger charge is -2.10. The SMILES string of the molecule is Cn1nccc1-c1ccc2c(c1N)CCC2.Cn1nccc1B(O)O.Nc1c(Br)ccc2c1CCC2. The molecule has 0 saturated carbocycles. The van der Waals surface area contributed by atoms with Crippen molar-refractivity contribution >= 4 is 40.0 Å². The summed E-state index contributed by atoms with van der Waals surface area (Å²) >= 11 is 3.42. The van der Waals surface area contributed by atoms with Crippen LogP contribution in [0.2, 0.25) is 0 Å². The van der Waals surface area contributed by atoms with E-state index in [0.29, 0.717) is 5.59 Å². The van der Waals surface area contributed by atoms with Crippen LogP contribution in [0.3, 0.4) is 0 Å². The van der Waals surface area contributed by atoms with E-state index in [2.05, 4.69) is 44.3 Å². The lowest BCUT2D eigenvalue weighted by Crippen LogP contribution is -2.35. The van der Waals surface area contributed by atoms with Gasteiger partial charge in [0.25, 0.3) is 0 Å². The van der Waals surface area contributed by atoms with E-state index >= 15 is 0 Å². The third-order valence-electron chi connectivity index (χ3n) is 6.82. The number of nitrogens with zero attached hydrogens (tertiary/aromatic N) is 4. The molecule has 2 aliphatic carbocycles.